The van der Waals surface area contributed by atoms with Gasteiger partial charge in [-0.15, -0.1) is 16.8 Å². The van der Waals surface area contributed by atoms with Gasteiger partial charge < -0.3 is 15.9 Å². The van der Waals surface area contributed by atoms with Gasteiger partial charge >= 0.3 is 0 Å². The summed E-state index contributed by atoms with van der Waals surface area (Å²) in [5.74, 6) is 7.61. The van der Waals surface area contributed by atoms with E-state index in [1.165, 1.54) is 22.0 Å². The Balaban J connectivity index is 1.93. The van der Waals surface area contributed by atoms with Crippen molar-refractivity contribution in [3.05, 3.63) is 48.3 Å². The van der Waals surface area contributed by atoms with E-state index in [1.807, 2.05) is 24.3 Å². The number of aromatic nitrogens is 3. The van der Waals surface area contributed by atoms with Gasteiger partial charge in [-0.25, -0.2) is 4.68 Å². The maximum absolute atomic E-state index is 11.9. The number of thioether (sulfide) groups is 1. The summed E-state index contributed by atoms with van der Waals surface area (Å²) in [6.07, 6.45) is 1.63. The molecule has 2 rings (SSSR count). The van der Waals surface area contributed by atoms with Gasteiger partial charge in [-0.1, -0.05) is 43.8 Å². The van der Waals surface area contributed by atoms with Gasteiger partial charge in [0.2, 0.25) is 11.1 Å². The lowest BCUT2D eigenvalue weighted by Gasteiger charge is -2.11. The van der Waals surface area contributed by atoms with E-state index in [4.69, 9.17) is 10.6 Å². The molecule has 1 aromatic carbocycles. The topological polar surface area (TPSA) is 95.1 Å². The van der Waals surface area contributed by atoms with Crippen LogP contribution in [0.5, 0.6) is 5.75 Å². The standard InChI is InChI=1S/C18H25N5O2S/c1-5-10-20-17(24)13(4)26-18-22-21-16(23(18)19)11-25-15-8-6-14(7-9-15)12(2)3/h5-9,12-13H,1,10-11,19H2,2-4H3,(H,20,24)/t13-/m1/s1. The van der Waals surface area contributed by atoms with Gasteiger partial charge in [0.1, 0.15) is 12.4 Å². The third-order valence-electron chi connectivity index (χ3n) is 3.72. The summed E-state index contributed by atoms with van der Waals surface area (Å²) < 4.78 is 7.08. The summed E-state index contributed by atoms with van der Waals surface area (Å²) in [5.41, 5.74) is 1.25. The molecule has 2 aromatic rings. The number of nitrogen functional groups attached to an aromatic ring is 1. The number of nitrogens with one attached hydrogen (secondary N) is 1. The second-order valence-electron chi connectivity index (χ2n) is 6.08. The summed E-state index contributed by atoms with van der Waals surface area (Å²) in [5, 5.41) is 10.9. The predicted molar refractivity (Wildman–Crippen MR) is 104 cm³/mol. The van der Waals surface area contributed by atoms with E-state index in [0.29, 0.717) is 23.4 Å². The van der Waals surface area contributed by atoms with Crippen molar-refractivity contribution in [3.8, 4) is 5.75 Å². The van der Waals surface area contributed by atoms with Gasteiger partial charge in [-0.05, 0) is 30.5 Å². The zero-order valence-electron chi connectivity index (χ0n) is 15.3. The summed E-state index contributed by atoms with van der Waals surface area (Å²) >= 11 is 1.24. The van der Waals surface area contributed by atoms with Crippen LogP contribution in [-0.4, -0.2) is 32.6 Å². The number of nitrogens with zero attached hydrogens (tertiary/aromatic N) is 3. The van der Waals surface area contributed by atoms with E-state index in [-0.39, 0.29) is 17.8 Å². The molecule has 1 heterocycles. The highest BCUT2D eigenvalue weighted by atomic mass is 32.2. The fourth-order valence-corrected chi connectivity index (χ4v) is 2.92. The predicted octanol–water partition coefficient (Wildman–Crippen LogP) is 2.48. The number of nitrogens with two attached hydrogens (primary N) is 1. The Morgan fingerprint density at radius 1 is 1.35 bits per heavy atom. The third kappa shape index (κ3) is 5.26. The van der Waals surface area contributed by atoms with Crippen molar-refractivity contribution in [3.63, 3.8) is 0 Å². The van der Waals surface area contributed by atoms with E-state index in [2.05, 4.69) is 35.9 Å². The molecule has 1 aromatic heterocycles. The zero-order valence-corrected chi connectivity index (χ0v) is 16.1. The van der Waals surface area contributed by atoms with E-state index in [0.717, 1.165) is 5.75 Å². The van der Waals surface area contributed by atoms with Crippen LogP contribution in [0.15, 0.2) is 42.1 Å². The first-order chi connectivity index (χ1) is 12.4. The van der Waals surface area contributed by atoms with Gasteiger partial charge in [-0.2, -0.15) is 0 Å². The molecule has 0 unspecified atom stereocenters. The van der Waals surface area contributed by atoms with Gasteiger partial charge in [-0.3, -0.25) is 4.79 Å². The highest BCUT2D eigenvalue weighted by Gasteiger charge is 2.19. The fourth-order valence-electron chi connectivity index (χ4n) is 2.11. The second-order valence-corrected chi connectivity index (χ2v) is 7.38. The first-order valence-electron chi connectivity index (χ1n) is 8.39. The smallest absolute Gasteiger partial charge is 0.233 e. The fraction of sp³-hybridized carbons (Fsp3) is 0.389. The van der Waals surface area contributed by atoms with Crippen LogP contribution in [-0.2, 0) is 11.4 Å². The van der Waals surface area contributed by atoms with E-state index >= 15 is 0 Å². The maximum atomic E-state index is 11.9. The lowest BCUT2D eigenvalue weighted by molar-refractivity contribution is -0.120. The quantitative estimate of drug-likeness (QED) is 0.397. The Kier molecular flexibility index (Phi) is 7.08. The van der Waals surface area contributed by atoms with E-state index < -0.39 is 0 Å². The Morgan fingerprint density at radius 2 is 2.04 bits per heavy atom. The molecular weight excluding hydrogens is 350 g/mol. The minimum Gasteiger partial charge on any atom is -0.486 e. The van der Waals surface area contributed by atoms with Crippen LogP contribution >= 0.6 is 11.8 Å². The molecule has 26 heavy (non-hydrogen) atoms. The highest BCUT2D eigenvalue weighted by molar-refractivity contribution is 8.00. The minimum absolute atomic E-state index is 0.110. The number of amides is 1. The molecule has 0 saturated heterocycles. The minimum atomic E-state index is -0.348. The molecule has 0 saturated carbocycles. The van der Waals surface area contributed by atoms with Crippen molar-refractivity contribution in [2.45, 2.75) is 43.7 Å². The van der Waals surface area contributed by atoms with Crippen LogP contribution < -0.4 is 15.9 Å². The monoisotopic (exact) mass is 375 g/mol. The number of hydrogen-bond donors (Lipinski definition) is 2. The molecule has 0 aliphatic carbocycles. The van der Waals surface area contributed by atoms with Crippen molar-refractivity contribution < 1.29 is 9.53 Å². The first kappa shape index (κ1) is 19.8. The van der Waals surface area contributed by atoms with Gasteiger partial charge in [0.25, 0.3) is 0 Å². The number of benzene rings is 1. The van der Waals surface area contributed by atoms with Crippen LogP contribution in [0.3, 0.4) is 0 Å². The third-order valence-corrected chi connectivity index (χ3v) is 4.78. The molecule has 3 N–H and O–H groups in total. The van der Waals surface area contributed by atoms with Gasteiger partial charge in [0.05, 0.1) is 5.25 Å². The van der Waals surface area contributed by atoms with Crippen molar-refractivity contribution >= 4 is 17.7 Å². The van der Waals surface area contributed by atoms with Crippen molar-refractivity contribution in [2.24, 2.45) is 0 Å². The van der Waals surface area contributed by atoms with Gasteiger partial charge in [0, 0.05) is 6.54 Å². The molecule has 1 amide bonds. The zero-order chi connectivity index (χ0) is 19.1. The average molecular weight is 375 g/mol. The number of carbonyl (C=O) groups excluding carboxylic acids is 1. The SMILES string of the molecule is C=CCNC(=O)[C@@H](C)Sc1nnc(COc2ccc(C(C)C)cc2)n1N. The average Bonchev–Trinajstić information content (AvgIpc) is 2.98. The molecule has 7 nitrogen and oxygen atoms in total. The summed E-state index contributed by atoms with van der Waals surface area (Å²) in [6.45, 7) is 10.3. The summed E-state index contributed by atoms with van der Waals surface area (Å²) in [6, 6.07) is 7.93. The lowest BCUT2D eigenvalue weighted by atomic mass is 10.0. The largest absolute Gasteiger partial charge is 0.486 e. The molecule has 0 aliphatic rings. The van der Waals surface area contributed by atoms with Crippen LogP contribution in [0, 0.1) is 0 Å². The second kappa shape index (κ2) is 9.28. The number of ether oxygens (including phenoxy) is 1. The molecule has 8 heteroatoms. The molecule has 0 bridgehead atoms. The summed E-state index contributed by atoms with van der Waals surface area (Å²) in [7, 11) is 0. The Morgan fingerprint density at radius 3 is 2.65 bits per heavy atom. The van der Waals surface area contributed by atoms with Crippen molar-refractivity contribution in [1.82, 2.24) is 20.2 Å². The Hall–Kier alpha value is -2.48. The van der Waals surface area contributed by atoms with Crippen molar-refractivity contribution in [1.29, 1.82) is 0 Å². The molecule has 0 spiro atoms. The number of carbonyl (C=O) groups is 1. The molecule has 0 aliphatic heterocycles. The molecule has 140 valence electrons. The van der Waals surface area contributed by atoms with E-state index in [9.17, 15) is 4.79 Å². The first-order valence-corrected chi connectivity index (χ1v) is 9.27. The van der Waals surface area contributed by atoms with Crippen LogP contribution in [0.2, 0.25) is 0 Å². The van der Waals surface area contributed by atoms with Gasteiger partial charge in [0.15, 0.2) is 5.82 Å². The maximum Gasteiger partial charge on any atom is 0.233 e. The Bertz CT molecular complexity index is 743. The van der Waals surface area contributed by atoms with Crippen LogP contribution in [0.1, 0.15) is 38.1 Å². The molecule has 1 atom stereocenters. The normalized spacial score (nSPS) is 12.0. The molecular formula is C18H25N5O2S. The van der Waals surface area contributed by atoms with Crippen LogP contribution in [0.25, 0.3) is 0 Å². The molecule has 0 radical (unpaired) electrons. The lowest BCUT2D eigenvalue weighted by Crippen LogP contribution is -2.31. The summed E-state index contributed by atoms with van der Waals surface area (Å²) in [4.78, 5) is 11.9. The van der Waals surface area contributed by atoms with Crippen molar-refractivity contribution in [2.75, 3.05) is 12.4 Å². The number of rotatable bonds is 9. The number of hydrogen-bond acceptors (Lipinski definition) is 6. The molecule has 0 fully saturated rings. The van der Waals surface area contributed by atoms with Crippen LogP contribution in [0.4, 0.5) is 0 Å². The Labute approximate surface area is 158 Å². The van der Waals surface area contributed by atoms with E-state index in [1.54, 1.807) is 13.0 Å². The highest BCUT2D eigenvalue weighted by Crippen LogP contribution is 2.22.